The van der Waals surface area contributed by atoms with Gasteiger partial charge in [-0.25, -0.2) is 4.39 Å². The number of amides is 2. The zero-order valence-corrected chi connectivity index (χ0v) is 24.8. The van der Waals surface area contributed by atoms with Crippen LogP contribution in [0.2, 0.25) is 0 Å². The number of phenolic OH excluding ortho intramolecular Hbond substituents is 1. The quantitative estimate of drug-likeness (QED) is 0.183. The number of nitrogens with one attached hydrogen (secondary N) is 3. The van der Waals surface area contributed by atoms with Crippen molar-refractivity contribution < 1.29 is 23.8 Å². The normalized spacial score (nSPS) is 12.6. The SMILES string of the molecule is C=C(C)C(NCCOc1c(F)cccc1CCCNC(=O)CNC(=O)CC)C1CC1.CC.Cc1ccc(O)cc1. The Morgan fingerprint density at radius 2 is 1.75 bits per heavy atom. The maximum Gasteiger partial charge on any atom is 0.239 e. The summed E-state index contributed by atoms with van der Waals surface area (Å²) >= 11 is 0. The summed E-state index contributed by atoms with van der Waals surface area (Å²) in [4.78, 5) is 22.9. The predicted octanol–water partition coefficient (Wildman–Crippen LogP) is 5.45. The number of ether oxygens (including phenoxy) is 1. The molecule has 40 heavy (non-hydrogen) atoms. The first-order valence-corrected chi connectivity index (χ1v) is 14.3. The molecule has 0 heterocycles. The first-order valence-electron chi connectivity index (χ1n) is 14.3. The van der Waals surface area contributed by atoms with Gasteiger partial charge >= 0.3 is 0 Å². The van der Waals surface area contributed by atoms with Crippen LogP contribution < -0.4 is 20.7 Å². The Bertz CT molecular complexity index is 1020. The fourth-order valence-electron chi connectivity index (χ4n) is 3.87. The van der Waals surface area contributed by atoms with Gasteiger partial charge in [0.15, 0.2) is 11.6 Å². The third-order valence-electron chi connectivity index (χ3n) is 6.13. The summed E-state index contributed by atoms with van der Waals surface area (Å²) in [6.45, 7) is 15.2. The molecule has 7 nitrogen and oxygen atoms in total. The number of halogens is 1. The molecule has 0 spiro atoms. The van der Waals surface area contributed by atoms with E-state index in [1.165, 1.54) is 24.5 Å². The lowest BCUT2D eigenvalue weighted by Gasteiger charge is -2.19. The lowest BCUT2D eigenvalue weighted by Crippen LogP contribution is -2.37. The highest BCUT2D eigenvalue weighted by Crippen LogP contribution is 2.35. The highest BCUT2D eigenvalue weighted by Gasteiger charge is 2.31. The monoisotopic (exact) mass is 557 g/mol. The van der Waals surface area contributed by atoms with Crippen molar-refractivity contribution in [3.63, 3.8) is 0 Å². The minimum Gasteiger partial charge on any atom is -0.508 e. The van der Waals surface area contributed by atoms with Gasteiger partial charge in [-0.3, -0.25) is 9.59 Å². The lowest BCUT2D eigenvalue weighted by molar-refractivity contribution is -0.125. The first kappa shape index (κ1) is 34.6. The smallest absolute Gasteiger partial charge is 0.239 e. The Labute approximate surface area is 239 Å². The maximum atomic E-state index is 14.3. The summed E-state index contributed by atoms with van der Waals surface area (Å²) in [7, 11) is 0. The van der Waals surface area contributed by atoms with Crippen LogP contribution in [0.4, 0.5) is 4.39 Å². The molecule has 2 aromatic carbocycles. The molecular weight excluding hydrogens is 509 g/mol. The molecule has 4 N–H and O–H groups in total. The van der Waals surface area contributed by atoms with Crippen LogP contribution in [-0.4, -0.2) is 49.2 Å². The number of carbonyl (C=O) groups excluding carboxylic acids is 2. The van der Waals surface area contributed by atoms with Gasteiger partial charge in [0.1, 0.15) is 12.4 Å². The molecule has 222 valence electrons. The molecule has 1 saturated carbocycles. The van der Waals surface area contributed by atoms with Crippen molar-refractivity contribution in [2.75, 3.05) is 26.2 Å². The first-order chi connectivity index (χ1) is 19.2. The number of rotatable bonds is 14. The van der Waals surface area contributed by atoms with Gasteiger partial charge in [0.2, 0.25) is 11.8 Å². The molecule has 0 radical (unpaired) electrons. The van der Waals surface area contributed by atoms with Crippen molar-refractivity contribution in [2.45, 2.75) is 72.8 Å². The van der Waals surface area contributed by atoms with E-state index in [-0.39, 0.29) is 29.9 Å². The van der Waals surface area contributed by atoms with Gasteiger partial charge in [-0.05, 0) is 69.2 Å². The standard InChI is InChI=1S/C23H34FN3O3.C7H8O.C2H6/c1-4-20(28)27-15-21(29)25-12-6-8-18-7-5-9-19(24)23(18)30-14-13-26-22(16(2)3)17-10-11-17;1-6-2-4-7(8)5-3-6;1-2/h5,7,9,17,22,26H,2,4,6,8,10-15H2,1,3H3,(H,25,29)(H,27,28);2-5,8H,1H3;1-2H3. The minimum absolute atomic E-state index is 0.0277. The summed E-state index contributed by atoms with van der Waals surface area (Å²) in [5, 5.41) is 17.5. The van der Waals surface area contributed by atoms with Crippen LogP contribution >= 0.6 is 0 Å². The van der Waals surface area contributed by atoms with Gasteiger partial charge in [0.25, 0.3) is 0 Å². The molecule has 0 aromatic heterocycles. The summed E-state index contributed by atoms with van der Waals surface area (Å²) in [5.74, 6) is 0.499. The Balaban J connectivity index is 0.000000675. The zero-order chi connectivity index (χ0) is 29.9. The number of hydrogen-bond donors (Lipinski definition) is 4. The van der Waals surface area contributed by atoms with E-state index in [0.717, 1.165) is 11.1 Å². The van der Waals surface area contributed by atoms with Crippen LogP contribution in [0.3, 0.4) is 0 Å². The minimum atomic E-state index is -0.377. The zero-order valence-electron chi connectivity index (χ0n) is 24.8. The second-order valence-electron chi connectivity index (χ2n) is 9.61. The second-order valence-corrected chi connectivity index (χ2v) is 9.61. The fourth-order valence-corrected chi connectivity index (χ4v) is 3.87. The van der Waals surface area contributed by atoms with Crippen molar-refractivity contribution in [1.29, 1.82) is 0 Å². The summed E-state index contributed by atoms with van der Waals surface area (Å²) < 4.78 is 20.0. The highest BCUT2D eigenvalue weighted by atomic mass is 19.1. The van der Waals surface area contributed by atoms with Crippen LogP contribution in [-0.2, 0) is 16.0 Å². The molecule has 0 aliphatic heterocycles. The number of benzene rings is 2. The van der Waals surface area contributed by atoms with Crippen molar-refractivity contribution >= 4 is 11.8 Å². The van der Waals surface area contributed by atoms with E-state index < -0.39 is 0 Å². The molecule has 0 saturated heterocycles. The Morgan fingerprint density at radius 3 is 2.33 bits per heavy atom. The Kier molecular flexibility index (Phi) is 17.0. The maximum absolute atomic E-state index is 14.3. The van der Waals surface area contributed by atoms with Gasteiger partial charge in [-0.15, -0.1) is 0 Å². The van der Waals surface area contributed by atoms with E-state index >= 15 is 0 Å². The average molecular weight is 558 g/mol. The molecular formula is C32H48FN3O4. The van der Waals surface area contributed by atoms with Crippen molar-refractivity contribution in [2.24, 2.45) is 5.92 Å². The van der Waals surface area contributed by atoms with Crippen LogP contribution in [0.15, 0.2) is 54.6 Å². The van der Waals surface area contributed by atoms with Crippen LogP contribution in [0, 0.1) is 18.7 Å². The number of aryl methyl sites for hydroxylation is 2. The molecule has 1 atom stereocenters. The van der Waals surface area contributed by atoms with Gasteiger partial charge in [0, 0.05) is 25.6 Å². The molecule has 2 aromatic rings. The lowest BCUT2D eigenvalue weighted by atomic mass is 10.1. The molecule has 3 rings (SSSR count). The third-order valence-corrected chi connectivity index (χ3v) is 6.13. The number of carbonyl (C=O) groups is 2. The molecule has 1 aliphatic rings. The summed E-state index contributed by atoms with van der Waals surface area (Å²) in [6, 6.07) is 12.3. The largest absolute Gasteiger partial charge is 0.508 e. The Hall–Kier alpha value is -3.39. The van der Waals surface area contributed by atoms with E-state index in [1.54, 1.807) is 25.1 Å². The fraction of sp³-hybridized carbons (Fsp3) is 0.500. The van der Waals surface area contributed by atoms with Gasteiger partial charge in [-0.2, -0.15) is 0 Å². The molecule has 0 bridgehead atoms. The van der Waals surface area contributed by atoms with Gasteiger partial charge in [0.05, 0.1) is 6.54 Å². The molecule has 8 heteroatoms. The van der Waals surface area contributed by atoms with E-state index in [9.17, 15) is 14.0 Å². The van der Waals surface area contributed by atoms with Crippen molar-refractivity contribution in [3.05, 3.63) is 71.6 Å². The van der Waals surface area contributed by atoms with Crippen molar-refractivity contribution in [3.8, 4) is 11.5 Å². The van der Waals surface area contributed by atoms with E-state index in [1.807, 2.05) is 45.9 Å². The van der Waals surface area contributed by atoms with E-state index in [2.05, 4.69) is 22.5 Å². The van der Waals surface area contributed by atoms with E-state index in [4.69, 9.17) is 9.84 Å². The van der Waals surface area contributed by atoms with Gasteiger partial charge < -0.3 is 25.8 Å². The molecule has 1 unspecified atom stereocenters. The van der Waals surface area contributed by atoms with Crippen LogP contribution in [0.5, 0.6) is 11.5 Å². The summed E-state index contributed by atoms with van der Waals surface area (Å²) in [6.07, 6.45) is 4.03. The number of phenols is 1. The second kappa shape index (κ2) is 19.6. The number of hydrogen-bond acceptors (Lipinski definition) is 5. The van der Waals surface area contributed by atoms with Crippen molar-refractivity contribution in [1.82, 2.24) is 16.0 Å². The van der Waals surface area contributed by atoms with Crippen LogP contribution in [0.25, 0.3) is 0 Å². The topological polar surface area (TPSA) is 99.7 Å². The van der Waals surface area contributed by atoms with E-state index in [0.29, 0.717) is 56.7 Å². The Morgan fingerprint density at radius 1 is 1.07 bits per heavy atom. The van der Waals surface area contributed by atoms with Crippen LogP contribution in [0.1, 0.15) is 64.5 Å². The molecule has 1 fully saturated rings. The average Bonchev–Trinajstić information content (AvgIpc) is 3.79. The van der Waals surface area contributed by atoms with Gasteiger partial charge in [-0.1, -0.05) is 62.8 Å². The third kappa shape index (κ3) is 14.1. The number of aromatic hydroxyl groups is 1. The summed E-state index contributed by atoms with van der Waals surface area (Å²) in [5.41, 5.74) is 3.07. The molecule has 1 aliphatic carbocycles. The highest BCUT2D eigenvalue weighted by molar-refractivity contribution is 5.84. The molecule has 2 amide bonds. The predicted molar refractivity (Wildman–Crippen MR) is 160 cm³/mol. The number of para-hydroxylation sites is 1.